The fourth-order valence-corrected chi connectivity index (χ4v) is 3.61. The van der Waals surface area contributed by atoms with Crippen molar-refractivity contribution in [3.63, 3.8) is 0 Å². The van der Waals surface area contributed by atoms with Crippen LogP contribution >= 0.6 is 11.6 Å². The predicted octanol–water partition coefficient (Wildman–Crippen LogP) is 3.69. The number of benzene rings is 1. The van der Waals surface area contributed by atoms with Crippen LogP contribution in [0, 0.1) is 23.0 Å². The number of anilines is 1. The normalized spacial score (nSPS) is 17.6. The van der Waals surface area contributed by atoms with Crippen LogP contribution in [0.15, 0.2) is 12.1 Å². The van der Waals surface area contributed by atoms with Gasteiger partial charge in [0.05, 0.1) is 15.6 Å². The lowest BCUT2D eigenvalue weighted by atomic mass is 9.96. The van der Waals surface area contributed by atoms with E-state index in [4.69, 9.17) is 11.6 Å². The van der Waals surface area contributed by atoms with Gasteiger partial charge in [-0.3, -0.25) is 14.9 Å². The highest BCUT2D eigenvalue weighted by atomic mass is 35.5. The molecular formula is C17H24ClN3O3. The van der Waals surface area contributed by atoms with Crippen molar-refractivity contribution in [3.05, 3.63) is 32.8 Å². The molecule has 1 aliphatic heterocycles. The smallest absolute Gasteiger partial charge is 0.271 e. The summed E-state index contributed by atoms with van der Waals surface area (Å²) < 4.78 is 0. The summed E-state index contributed by atoms with van der Waals surface area (Å²) in [4.78, 5) is 24.3. The second-order valence-corrected chi connectivity index (χ2v) is 6.77. The molecule has 2 rings (SSSR count). The van der Waals surface area contributed by atoms with E-state index >= 15 is 0 Å². The Balaban J connectivity index is 2.07. The Labute approximate surface area is 147 Å². The standard InChI is InChI=1S/C17H24ClN3O3/c1-3-5-16(22)19-10-13-6-4-7-20(11-13)17-12(2)8-14(21(23)24)9-15(17)18/h8-9,13H,3-7,10-11H2,1-2H3,(H,19,22). The molecular weight excluding hydrogens is 330 g/mol. The number of carbonyl (C=O) groups excluding carboxylic acids is 1. The van der Waals surface area contributed by atoms with Crippen molar-refractivity contribution in [2.24, 2.45) is 5.92 Å². The molecule has 1 aromatic rings. The highest BCUT2D eigenvalue weighted by molar-refractivity contribution is 6.33. The summed E-state index contributed by atoms with van der Waals surface area (Å²) in [5, 5.41) is 14.3. The average Bonchev–Trinajstić information content (AvgIpc) is 2.53. The number of nitro benzene ring substituents is 1. The van der Waals surface area contributed by atoms with Gasteiger partial charge < -0.3 is 10.2 Å². The molecule has 1 saturated heterocycles. The van der Waals surface area contributed by atoms with Gasteiger partial charge in [0.2, 0.25) is 5.91 Å². The van der Waals surface area contributed by atoms with Gasteiger partial charge in [-0.25, -0.2) is 0 Å². The molecule has 1 aromatic carbocycles. The first-order chi connectivity index (χ1) is 11.4. The van der Waals surface area contributed by atoms with Crippen LogP contribution in [-0.4, -0.2) is 30.5 Å². The fourth-order valence-electron chi connectivity index (χ4n) is 3.23. The molecule has 1 atom stereocenters. The van der Waals surface area contributed by atoms with Crippen molar-refractivity contribution in [1.29, 1.82) is 0 Å². The number of carbonyl (C=O) groups is 1. The Kier molecular flexibility index (Phi) is 6.43. The van der Waals surface area contributed by atoms with Crippen molar-refractivity contribution in [1.82, 2.24) is 5.32 Å². The molecule has 7 heteroatoms. The number of nitrogens with zero attached hydrogens (tertiary/aromatic N) is 2. The number of amides is 1. The molecule has 1 aliphatic rings. The van der Waals surface area contributed by atoms with E-state index in [0.717, 1.165) is 43.6 Å². The van der Waals surface area contributed by atoms with Crippen LogP contribution in [-0.2, 0) is 4.79 Å². The maximum absolute atomic E-state index is 11.6. The number of non-ortho nitro benzene ring substituents is 1. The second kappa shape index (κ2) is 8.33. The zero-order valence-corrected chi connectivity index (χ0v) is 14.9. The van der Waals surface area contributed by atoms with Crippen LogP contribution in [0.25, 0.3) is 0 Å². The number of nitro groups is 1. The molecule has 6 nitrogen and oxygen atoms in total. The molecule has 1 heterocycles. The van der Waals surface area contributed by atoms with Crippen LogP contribution in [0.2, 0.25) is 5.02 Å². The van der Waals surface area contributed by atoms with Crippen LogP contribution in [0.3, 0.4) is 0 Å². The Morgan fingerprint density at radius 1 is 1.50 bits per heavy atom. The quantitative estimate of drug-likeness (QED) is 0.625. The highest BCUT2D eigenvalue weighted by Crippen LogP contribution is 2.35. The first-order valence-electron chi connectivity index (χ1n) is 8.38. The Bertz CT molecular complexity index is 598. The van der Waals surface area contributed by atoms with Gasteiger partial charge in [0, 0.05) is 38.2 Å². The maximum atomic E-state index is 11.6. The number of hydrogen-bond donors (Lipinski definition) is 1. The minimum absolute atomic E-state index is 0.0154. The molecule has 132 valence electrons. The summed E-state index contributed by atoms with van der Waals surface area (Å²) in [6, 6.07) is 2.98. The molecule has 1 unspecified atom stereocenters. The lowest BCUT2D eigenvalue weighted by molar-refractivity contribution is -0.384. The van der Waals surface area contributed by atoms with Crippen LogP contribution in [0.4, 0.5) is 11.4 Å². The van der Waals surface area contributed by atoms with Gasteiger partial charge >= 0.3 is 0 Å². The summed E-state index contributed by atoms with van der Waals surface area (Å²) >= 11 is 6.31. The van der Waals surface area contributed by atoms with Crippen LogP contribution in [0.5, 0.6) is 0 Å². The van der Waals surface area contributed by atoms with Crippen molar-refractivity contribution in [2.75, 3.05) is 24.5 Å². The summed E-state index contributed by atoms with van der Waals surface area (Å²) in [7, 11) is 0. The monoisotopic (exact) mass is 353 g/mol. The number of rotatable bonds is 6. The first kappa shape index (κ1) is 18.5. The van der Waals surface area contributed by atoms with E-state index in [-0.39, 0.29) is 11.6 Å². The number of halogens is 1. The second-order valence-electron chi connectivity index (χ2n) is 6.36. The van der Waals surface area contributed by atoms with E-state index in [1.165, 1.54) is 6.07 Å². The summed E-state index contributed by atoms with van der Waals surface area (Å²) in [6.07, 6.45) is 3.48. The van der Waals surface area contributed by atoms with Gasteiger partial charge in [0.1, 0.15) is 0 Å². The van der Waals surface area contributed by atoms with E-state index in [0.29, 0.717) is 23.9 Å². The Morgan fingerprint density at radius 2 is 2.25 bits per heavy atom. The van der Waals surface area contributed by atoms with Crippen LogP contribution in [0.1, 0.15) is 38.2 Å². The molecule has 0 saturated carbocycles. The zero-order valence-electron chi connectivity index (χ0n) is 14.2. The largest absolute Gasteiger partial charge is 0.370 e. The van der Waals surface area contributed by atoms with Crippen molar-refractivity contribution in [3.8, 4) is 0 Å². The minimum Gasteiger partial charge on any atom is -0.370 e. The molecule has 1 amide bonds. The Hall–Kier alpha value is -1.82. The zero-order chi connectivity index (χ0) is 17.7. The van der Waals surface area contributed by atoms with Crippen molar-refractivity contribution in [2.45, 2.75) is 39.5 Å². The summed E-state index contributed by atoms with van der Waals surface area (Å²) in [5.41, 5.74) is 1.69. The summed E-state index contributed by atoms with van der Waals surface area (Å²) in [6.45, 7) is 6.17. The molecule has 0 aliphatic carbocycles. The number of nitrogens with one attached hydrogen (secondary N) is 1. The molecule has 0 bridgehead atoms. The minimum atomic E-state index is -0.426. The molecule has 0 radical (unpaired) electrons. The highest BCUT2D eigenvalue weighted by Gasteiger charge is 2.24. The van der Waals surface area contributed by atoms with E-state index < -0.39 is 4.92 Å². The Morgan fingerprint density at radius 3 is 2.88 bits per heavy atom. The number of piperidine rings is 1. The van der Waals surface area contributed by atoms with Crippen LogP contribution < -0.4 is 10.2 Å². The predicted molar refractivity (Wildman–Crippen MR) is 95.7 cm³/mol. The molecule has 1 N–H and O–H groups in total. The van der Waals surface area contributed by atoms with Gasteiger partial charge in [-0.1, -0.05) is 18.5 Å². The topological polar surface area (TPSA) is 75.5 Å². The lowest BCUT2D eigenvalue weighted by Crippen LogP contribution is -2.41. The van der Waals surface area contributed by atoms with Gasteiger partial charge in [-0.15, -0.1) is 0 Å². The lowest BCUT2D eigenvalue weighted by Gasteiger charge is -2.35. The van der Waals surface area contributed by atoms with Crippen molar-refractivity contribution < 1.29 is 9.72 Å². The molecule has 24 heavy (non-hydrogen) atoms. The van der Waals surface area contributed by atoms with E-state index in [9.17, 15) is 14.9 Å². The molecule has 0 aromatic heterocycles. The van der Waals surface area contributed by atoms with Gasteiger partial charge in [-0.05, 0) is 37.7 Å². The SMILES string of the molecule is CCCC(=O)NCC1CCCN(c2c(C)cc([N+](=O)[O-])cc2Cl)C1. The number of hydrogen-bond acceptors (Lipinski definition) is 4. The van der Waals surface area contributed by atoms with E-state index in [1.807, 2.05) is 13.8 Å². The first-order valence-corrected chi connectivity index (χ1v) is 8.76. The fraction of sp³-hybridized carbons (Fsp3) is 0.588. The third-order valence-corrected chi connectivity index (χ3v) is 4.64. The van der Waals surface area contributed by atoms with Gasteiger partial charge in [0.25, 0.3) is 5.69 Å². The molecule has 1 fully saturated rings. The van der Waals surface area contributed by atoms with E-state index in [1.54, 1.807) is 6.07 Å². The van der Waals surface area contributed by atoms with E-state index in [2.05, 4.69) is 10.2 Å². The third kappa shape index (κ3) is 4.60. The van der Waals surface area contributed by atoms with Gasteiger partial charge in [0.15, 0.2) is 0 Å². The molecule has 0 spiro atoms. The van der Waals surface area contributed by atoms with Crippen molar-refractivity contribution >= 4 is 28.9 Å². The number of aryl methyl sites for hydroxylation is 1. The summed E-state index contributed by atoms with van der Waals surface area (Å²) in [5.74, 6) is 0.462. The van der Waals surface area contributed by atoms with Gasteiger partial charge in [-0.2, -0.15) is 0 Å². The maximum Gasteiger partial charge on any atom is 0.271 e. The third-order valence-electron chi connectivity index (χ3n) is 4.35. The average molecular weight is 354 g/mol.